The fraction of sp³-hybridized carbons (Fsp3) is 0.161. The van der Waals surface area contributed by atoms with Gasteiger partial charge >= 0.3 is 0 Å². The maximum Gasteiger partial charge on any atom is 0.269 e. The number of rotatable bonds is 9. The van der Waals surface area contributed by atoms with Gasteiger partial charge in [-0.1, -0.05) is 91.0 Å². The van der Waals surface area contributed by atoms with Gasteiger partial charge in [-0.2, -0.15) is 0 Å². The van der Waals surface area contributed by atoms with Crippen molar-refractivity contribution in [3.05, 3.63) is 141 Å². The van der Waals surface area contributed by atoms with Crippen LogP contribution in [0.4, 0.5) is 11.4 Å². The molecule has 7 nitrogen and oxygen atoms in total. The van der Waals surface area contributed by atoms with E-state index >= 15 is 0 Å². The van der Waals surface area contributed by atoms with Gasteiger partial charge in [-0.15, -0.1) is 0 Å². The Hall–Kier alpha value is -4.78. The lowest BCUT2D eigenvalue weighted by atomic mass is 9.90. The molecule has 0 fully saturated rings. The molecule has 192 valence electrons. The van der Waals surface area contributed by atoms with E-state index in [4.69, 9.17) is 0 Å². The van der Waals surface area contributed by atoms with Gasteiger partial charge < -0.3 is 10.6 Å². The van der Waals surface area contributed by atoms with Gasteiger partial charge in [-0.25, -0.2) is 0 Å². The predicted molar refractivity (Wildman–Crippen MR) is 148 cm³/mol. The second kappa shape index (κ2) is 12.0. The SMILES string of the molecule is Cc1cccc(C)c1NC(=O)[C@H](Cc1ccc([N+](=O)[O-])cc1)NC(=O)C(c1ccccc1)c1ccccc1. The van der Waals surface area contributed by atoms with Gasteiger partial charge in [0.2, 0.25) is 11.8 Å². The number of benzene rings is 4. The largest absolute Gasteiger partial charge is 0.343 e. The molecular weight excluding hydrogens is 478 g/mol. The number of hydrogen-bond acceptors (Lipinski definition) is 4. The lowest BCUT2D eigenvalue weighted by molar-refractivity contribution is -0.384. The van der Waals surface area contributed by atoms with Crippen molar-refractivity contribution in [1.29, 1.82) is 0 Å². The Bertz CT molecular complexity index is 1360. The summed E-state index contributed by atoms with van der Waals surface area (Å²) in [6.07, 6.45) is 0.163. The van der Waals surface area contributed by atoms with E-state index in [1.54, 1.807) is 12.1 Å². The summed E-state index contributed by atoms with van der Waals surface area (Å²) < 4.78 is 0. The van der Waals surface area contributed by atoms with Crippen molar-refractivity contribution in [2.75, 3.05) is 5.32 Å². The number of nitro groups is 1. The smallest absolute Gasteiger partial charge is 0.269 e. The van der Waals surface area contributed by atoms with Crippen LogP contribution in [0.5, 0.6) is 0 Å². The zero-order valence-electron chi connectivity index (χ0n) is 21.3. The summed E-state index contributed by atoms with van der Waals surface area (Å²) in [4.78, 5) is 38.0. The minimum Gasteiger partial charge on any atom is -0.343 e. The fourth-order valence-electron chi connectivity index (χ4n) is 4.46. The third-order valence-electron chi connectivity index (χ3n) is 6.48. The topological polar surface area (TPSA) is 101 Å². The predicted octanol–water partition coefficient (Wildman–Crippen LogP) is 5.71. The minimum atomic E-state index is -0.919. The molecule has 4 aromatic carbocycles. The molecule has 0 radical (unpaired) electrons. The van der Waals surface area contributed by atoms with Crippen molar-refractivity contribution in [1.82, 2.24) is 5.32 Å². The molecule has 2 amide bonds. The van der Waals surface area contributed by atoms with Gasteiger partial charge in [-0.3, -0.25) is 19.7 Å². The van der Waals surface area contributed by atoms with Crippen LogP contribution in [0.25, 0.3) is 0 Å². The number of para-hydroxylation sites is 1. The number of non-ortho nitro benzene ring substituents is 1. The highest BCUT2D eigenvalue weighted by atomic mass is 16.6. The van der Waals surface area contributed by atoms with E-state index in [-0.39, 0.29) is 23.9 Å². The number of hydrogen-bond donors (Lipinski definition) is 2. The quantitative estimate of drug-likeness (QED) is 0.224. The molecule has 38 heavy (non-hydrogen) atoms. The lowest BCUT2D eigenvalue weighted by Crippen LogP contribution is -2.47. The molecule has 0 unspecified atom stereocenters. The normalized spacial score (nSPS) is 11.6. The third kappa shape index (κ3) is 6.31. The first-order chi connectivity index (χ1) is 18.3. The number of nitro benzene ring substituents is 1. The average molecular weight is 508 g/mol. The Morgan fingerprint density at radius 1 is 0.737 bits per heavy atom. The molecule has 0 aliphatic rings. The Morgan fingerprint density at radius 2 is 1.26 bits per heavy atom. The molecular formula is C31H29N3O4. The van der Waals surface area contributed by atoms with Gasteiger partial charge in [0, 0.05) is 24.2 Å². The molecule has 4 aromatic rings. The monoisotopic (exact) mass is 507 g/mol. The first-order valence-electron chi connectivity index (χ1n) is 12.3. The molecule has 1 atom stereocenters. The molecule has 0 aliphatic carbocycles. The number of carbonyl (C=O) groups is 2. The highest BCUT2D eigenvalue weighted by molar-refractivity contribution is 5.99. The van der Waals surface area contributed by atoms with Crippen LogP contribution < -0.4 is 10.6 Å². The molecule has 0 aromatic heterocycles. The fourth-order valence-corrected chi connectivity index (χ4v) is 4.46. The summed E-state index contributed by atoms with van der Waals surface area (Å²) in [5, 5.41) is 17.0. The molecule has 2 N–H and O–H groups in total. The zero-order valence-corrected chi connectivity index (χ0v) is 21.3. The Balaban J connectivity index is 1.66. The number of aryl methyl sites for hydroxylation is 2. The highest BCUT2D eigenvalue weighted by Gasteiger charge is 2.28. The molecule has 0 saturated carbocycles. The number of amides is 2. The second-order valence-electron chi connectivity index (χ2n) is 9.20. The number of nitrogens with zero attached hydrogens (tertiary/aromatic N) is 1. The maximum atomic E-state index is 13.8. The van der Waals surface area contributed by atoms with Crippen LogP contribution in [0.2, 0.25) is 0 Å². The van der Waals surface area contributed by atoms with E-state index in [0.717, 1.165) is 22.3 Å². The Labute approximate surface area is 221 Å². The molecule has 0 heterocycles. The zero-order chi connectivity index (χ0) is 27.1. The van der Waals surface area contributed by atoms with Crippen LogP contribution in [0.15, 0.2) is 103 Å². The van der Waals surface area contributed by atoms with E-state index in [0.29, 0.717) is 11.3 Å². The maximum absolute atomic E-state index is 13.8. The van der Waals surface area contributed by atoms with Crippen LogP contribution in [0.3, 0.4) is 0 Å². The molecule has 7 heteroatoms. The van der Waals surface area contributed by atoms with Crippen LogP contribution in [0, 0.1) is 24.0 Å². The van der Waals surface area contributed by atoms with Gasteiger partial charge in [-0.05, 0) is 41.7 Å². The lowest BCUT2D eigenvalue weighted by Gasteiger charge is -2.24. The van der Waals surface area contributed by atoms with Crippen LogP contribution in [0.1, 0.15) is 33.7 Å². The second-order valence-corrected chi connectivity index (χ2v) is 9.20. The first kappa shape index (κ1) is 26.3. The summed E-state index contributed by atoms with van der Waals surface area (Å²) in [5.41, 5.74) is 4.77. The van der Waals surface area contributed by atoms with Crippen molar-refractivity contribution in [3.8, 4) is 0 Å². The Morgan fingerprint density at radius 3 is 1.76 bits per heavy atom. The van der Waals surface area contributed by atoms with Gasteiger partial charge in [0.25, 0.3) is 5.69 Å². The van der Waals surface area contributed by atoms with Gasteiger partial charge in [0.1, 0.15) is 6.04 Å². The van der Waals surface area contributed by atoms with Crippen molar-refractivity contribution in [3.63, 3.8) is 0 Å². The number of nitrogens with one attached hydrogen (secondary N) is 2. The van der Waals surface area contributed by atoms with Crippen molar-refractivity contribution in [2.45, 2.75) is 32.2 Å². The summed E-state index contributed by atoms with van der Waals surface area (Å²) >= 11 is 0. The summed E-state index contributed by atoms with van der Waals surface area (Å²) in [7, 11) is 0. The van der Waals surface area contributed by atoms with E-state index in [9.17, 15) is 19.7 Å². The van der Waals surface area contributed by atoms with E-state index in [2.05, 4.69) is 10.6 Å². The van der Waals surface area contributed by atoms with Crippen LogP contribution in [-0.2, 0) is 16.0 Å². The molecule has 4 rings (SSSR count). The van der Waals surface area contributed by atoms with E-state index in [1.165, 1.54) is 12.1 Å². The molecule has 0 spiro atoms. The van der Waals surface area contributed by atoms with Crippen LogP contribution >= 0.6 is 0 Å². The summed E-state index contributed by atoms with van der Waals surface area (Å²) in [6, 6.07) is 29.7. The highest BCUT2D eigenvalue weighted by Crippen LogP contribution is 2.26. The van der Waals surface area contributed by atoms with Crippen molar-refractivity contribution in [2.24, 2.45) is 0 Å². The minimum absolute atomic E-state index is 0.0393. The Kier molecular flexibility index (Phi) is 8.28. The van der Waals surface area contributed by atoms with Crippen LogP contribution in [-0.4, -0.2) is 22.8 Å². The van der Waals surface area contributed by atoms with Gasteiger partial charge in [0.15, 0.2) is 0 Å². The summed E-state index contributed by atoms with van der Waals surface area (Å²) in [6.45, 7) is 3.82. The van der Waals surface area contributed by atoms with Gasteiger partial charge in [0.05, 0.1) is 10.8 Å². The number of carbonyl (C=O) groups excluding carboxylic acids is 2. The van der Waals surface area contributed by atoms with Crippen molar-refractivity contribution < 1.29 is 14.5 Å². The molecule has 0 saturated heterocycles. The number of anilines is 1. The molecule has 0 aliphatic heterocycles. The van der Waals surface area contributed by atoms with E-state index in [1.807, 2.05) is 92.7 Å². The summed E-state index contributed by atoms with van der Waals surface area (Å²) in [5.74, 6) is -1.30. The first-order valence-corrected chi connectivity index (χ1v) is 12.3. The standard InChI is InChI=1S/C31H29N3O4/c1-21-10-9-11-22(2)29(21)33-30(35)27(20-23-16-18-26(19-17-23)34(37)38)32-31(36)28(24-12-5-3-6-13-24)25-14-7-4-8-15-25/h3-19,27-28H,20H2,1-2H3,(H,32,36)(H,33,35)/t27-/m0/s1. The van der Waals surface area contributed by atoms with E-state index < -0.39 is 16.9 Å². The third-order valence-corrected chi connectivity index (χ3v) is 6.48. The average Bonchev–Trinajstić information content (AvgIpc) is 2.92. The molecule has 0 bridgehead atoms. The van der Waals surface area contributed by atoms with Crippen molar-refractivity contribution >= 4 is 23.2 Å².